The third kappa shape index (κ3) is 3.50. The number of hydrogen-bond acceptors (Lipinski definition) is 3. The second-order valence-electron chi connectivity index (χ2n) is 6.23. The normalized spacial score (nSPS) is 18.6. The maximum Gasteiger partial charge on any atom is 0.150 e. The predicted octanol–water partition coefficient (Wildman–Crippen LogP) is 4.28. The van der Waals surface area contributed by atoms with E-state index in [4.69, 9.17) is 9.47 Å². The molecule has 1 aliphatic rings. The van der Waals surface area contributed by atoms with Crippen molar-refractivity contribution in [3.05, 3.63) is 36.7 Å². The van der Waals surface area contributed by atoms with Crippen molar-refractivity contribution in [2.24, 2.45) is 5.92 Å². The molecular weight excluding hydrogens is 276 g/mol. The van der Waals surface area contributed by atoms with E-state index < -0.39 is 0 Å². The highest BCUT2D eigenvalue weighted by atomic mass is 16.5. The molecule has 118 valence electrons. The lowest BCUT2D eigenvalue weighted by Gasteiger charge is -2.22. The summed E-state index contributed by atoms with van der Waals surface area (Å²) in [4.78, 5) is 0. The molecule has 4 nitrogen and oxygen atoms in total. The van der Waals surface area contributed by atoms with Gasteiger partial charge in [-0.2, -0.15) is 5.10 Å². The van der Waals surface area contributed by atoms with Crippen LogP contribution in [0.3, 0.4) is 0 Å². The standard InChI is InChI=1S/C18H24N2O2/c1-14(2)13-22-17-8-4-3-7-16(17)15-11-19-20(12-15)18-9-5-6-10-21-18/h3-4,7-8,11-12,14,18H,5-6,9-10,13H2,1-2H3/t18-/m0/s1. The third-order valence-corrected chi connectivity index (χ3v) is 3.82. The molecule has 0 unspecified atom stereocenters. The molecule has 0 bridgehead atoms. The second-order valence-corrected chi connectivity index (χ2v) is 6.23. The highest BCUT2D eigenvalue weighted by Crippen LogP contribution is 2.31. The van der Waals surface area contributed by atoms with Gasteiger partial charge in [-0.3, -0.25) is 0 Å². The zero-order chi connectivity index (χ0) is 15.4. The Morgan fingerprint density at radius 2 is 2.18 bits per heavy atom. The van der Waals surface area contributed by atoms with E-state index in [9.17, 15) is 0 Å². The Hall–Kier alpha value is -1.81. The van der Waals surface area contributed by atoms with E-state index in [0.717, 1.165) is 42.9 Å². The molecule has 1 atom stereocenters. The lowest BCUT2D eigenvalue weighted by atomic mass is 10.1. The van der Waals surface area contributed by atoms with Crippen LogP contribution in [0.4, 0.5) is 0 Å². The summed E-state index contributed by atoms with van der Waals surface area (Å²) < 4.78 is 13.7. The largest absolute Gasteiger partial charge is 0.493 e. The molecule has 0 aliphatic carbocycles. The fourth-order valence-electron chi connectivity index (χ4n) is 2.65. The molecule has 2 heterocycles. The summed E-state index contributed by atoms with van der Waals surface area (Å²) in [7, 11) is 0. The van der Waals surface area contributed by atoms with Crippen molar-refractivity contribution in [3.63, 3.8) is 0 Å². The summed E-state index contributed by atoms with van der Waals surface area (Å²) in [6.07, 6.45) is 7.42. The molecule has 1 fully saturated rings. The van der Waals surface area contributed by atoms with Crippen molar-refractivity contribution in [3.8, 4) is 16.9 Å². The van der Waals surface area contributed by atoms with Gasteiger partial charge in [-0.05, 0) is 31.2 Å². The Morgan fingerprint density at radius 3 is 2.95 bits per heavy atom. The molecule has 2 aromatic rings. The van der Waals surface area contributed by atoms with Crippen molar-refractivity contribution >= 4 is 0 Å². The van der Waals surface area contributed by atoms with Crippen LogP contribution in [0.25, 0.3) is 11.1 Å². The number of benzene rings is 1. The molecule has 0 amide bonds. The van der Waals surface area contributed by atoms with Gasteiger partial charge in [-0.1, -0.05) is 32.0 Å². The second kappa shape index (κ2) is 6.97. The molecule has 0 N–H and O–H groups in total. The first-order valence-corrected chi connectivity index (χ1v) is 8.12. The maximum atomic E-state index is 5.94. The average molecular weight is 300 g/mol. The van der Waals surface area contributed by atoms with Gasteiger partial charge >= 0.3 is 0 Å². The molecule has 1 aromatic heterocycles. The number of nitrogens with zero attached hydrogens (tertiary/aromatic N) is 2. The van der Waals surface area contributed by atoms with Gasteiger partial charge in [0.1, 0.15) is 12.0 Å². The van der Waals surface area contributed by atoms with Crippen LogP contribution < -0.4 is 4.74 Å². The van der Waals surface area contributed by atoms with Crippen LogP contribution in [0.5, 0.6) is 5.75 Å². The number of rotatable bonds is 5. The smallest absolute Gasteiger partial charge is 0.150 e. The average Bonchev–Trinajstić information content (AvgIpc) is 3.04. The fraction of sp³-hybridized carbons (Fsp3) is 0.500. The Kier molecular flexibility index (Phi) is 4.78. The van der Waals surface area contributed by atoms with Crippen LogP contribution >= 0.6 is 0 Å². The zero-order valence-electron chi connectivity index (χ0n) is 13.4. The molecule has 0 radical (unpaired) electrons. The molecule has 0 saturated carbocycles. The predicted molar refractivity (Wildman–Crippen MR) is 86.8 cm³/mol. The minimum Gasteiger partial charge on any atom is -0.493 e. The summed E-state index contributed by atoms with van der Waals surface area (Å²) in [5.74, 6) is 1.42. The summed E-state index contributed by atoms with van der Waals surface area (Å²) in [5, 5.41) is 4.49. The molecule has 1 aliphatic heterocycles. The molecule has 1 aromatic carbocycles. The van der Waals surface area contributed by atoms with Gasteiger partial charge < -0.3 is 9.47 Å². The highest BCUT2D eigenvalue weighted by Gasteiger charge is 2.17. The highest BCUT2D eigenvalue weighted by molar-refractivity contribution is 5.69. The van der Waals surface area contributed by atoms with E-state index in [-0.39, 0.29) is 6.23 Å². The summed E-state index contributed by atoms with van der Waals surface area (Å²) in [6.45, 7) is 5.85. The first kappa shape index (κ1) is 15.1. The van der Waals surface area contributed by atoms with Crippen molar-refractivity contribution < 1.29 is 9.47 Å². The minimum atomic E-state index is 0.0752. The van der Waals surface area contributed by atoms with Crippen LogP contribution in [-0.2, 0) is 4.74 Å². The third-order valence-electron chi connectivity index (χ3n) is 3.82. The van der Waals surface area contributed by atoms with Gasteiger partial charge in [0.15, 0.2) is 0 Å². The van der Waals surface area contributed by atoms with Gasteiger partial charge in [0, 0.05) is 23.9 Å². The molecular formula is C18H24N2O2. The van der Waals surface area contributed by atoms with Crippen LogP contribution in [0.15, 0.2) is 36.7 Å². The van der Waals surface area contributed by atoms with E-state index >= 15 is 0 Å². The van der Waals surface area contributed by atoms with Gasteiger partial charge in [-0.15, -0.1) is 0 Å². The molecule has 1 saturated heterocycles. The summed E-state index contributed by atoms with van der Waals surface area (Å²) in [6, 6.07) is 8.14. The monoisotopic (exact) mass is 300 g/mol. The van der Waals surface area contributed by atoms with Gasteiger partial charge in [0.05, 0.1) is 12.8 Å². The van der Waals surface area contributed by atoms with Crippen LogP contribution in [-0.4, -0.2) is 23.0 Å². The Labute approximate surface area is 132 Å². The van der Waals surface area contributed by atoms with Crippen molar-refractivity contribution in [2.45, 2.75) is 39.3 Å². The van der Waals surface area contributed by atoms with Crippen molar-refractivity contribution in [1.29, 1.82) is 0 Å². The molecule has 0 spiro atoms. The quantitative estimate of drug-likeness (QED) is 0.826. The number of hydrogen-bond donors (Lipinski definition) is 0. The Morgan fingerprint density at radius 1 is 1.32 bits per heavy atom. The first-order chi connectivity index (χ1) is 10.7. The maximum absolute atomic E-state index is 5.94. The summed E-state index contributed by atoms with van der Waals surface area (Å²) >= 11 is 0. The number of aromatic nitrogens is 2. The van der Waals surface area contributed by atoms with E-state index in [1.807, 2.05) is 29.1 Å². The van der Waals surface area contributed by atoms with E-state index in [1.165, 1.54) is 6.42 Å². The fourth-order valence-corrected chi connectivity index (χ4v) is 2.65. The molecule has 22 heavy (non-hydrogen) atoms. The SMILES string of the molecule is CC(C)COc1ccccc1-c1cnn([C@@H]2CCCCO2)c1. The molecule has 4 heteroatoms. The van der Waals surface area contributed by atoms with Crippen LogP contribution in [0.2, 0.25) is 0 Å². The lowest BCUT2D eigenvalue weighted by Crippen LogP contribution is -2.18. The Balaban J connectivity index is 1.80. The van der Waals surface area contributed by atoms with E-state index in [1.54, 1.807) is 0 Å². The summed E-state index contributed by atoms with van der Waals surface area (Å²) in [5.41, 5.74) is 2.17. The zero-order valence-corrected chi connectivity index (χ0v) is 13.4. The van der Waals surface area contributed by atoms with Gasteiger partial charge in [0.2, 0.25) is 0 Å². The van der Waals surface area contributed by atoms with Crippen molar-refractivity contribution in [2.75, 3.05) is 13.2 Å². The van der Waals surface area contributed by atoms with Crippen LogP contribution in [0, 0.1) is 5.92 Å². The van der Waals surface area contributed by atoms with Crippen molar-refractivity contribution in [1.82, 2.24) is 9.78 Å². The Bertz CT molecular complexity index is 601. The topological polar surface area (TPSA) is 36.3 Å². The van der Waals surface area contributed by atoms with E-state index in [0.29, 0.717) is 5.92 Å². The van der Waals surface area contributed by atoms with Gasteiger partial charge in [-0.25, -0.2) is 4.68 Å². The lowest BCUT2D eigenvalue weighted by molar-refractivity contribution is -0.0394. The minimum absolute atomic E-state index is 0.0752. The van der Waals surface area contributed by atoms with Gasteiger partial charge in [0.25, 0.3) is 0 Å². The van der Waals surface area contributed by atoms with E-state index in [2.05, 4.69) is 31.2 Å². The number of para-hydroxylation sites is 1. The van der Waals surface area contributed by atoms with Crippen LogP contribution in [0.1, 0.15) is 39.3 Å². The number of ether oxygens (including phenoxy) is 2. The molecule has 3 rings (SSSR count). The first-order valence-electron chi connectivity index (χ1n) is 8.12.